The van der Waals surface area contributed by atoms with E-state index in [1.165, 1.54) is 9.80 Å². The number of hydrogen-bond donors (Lipinski definition) is 2. The zero-order valence-electron chi connectivity index (χ0n) is 28.2. The van der Waals surface area contributed by atoms with Crippen molar-refractivity contribution in [2.45, 2.75) is 30.6 Å². The maximum atomic E-state index is 15.3. The van der Waals surface area contributed by atoms with Gasteiger partial charge in [-0.2, -0.15) is 0 Å². The Morgan fingerprint density at radius 2 is 1.58 bits per heavy atom. The second-order valence-corrected chi connectivity index (χ2v) is 14.4. The molecule has 4 aromatic rings. The number of fused-ring (bicyclic) bond motifs is 4. The van der Waals surface area contributed by atoms with Gasteiger partial charge in [-0.1, -0.05) is 83.9 Å². The summed E-state index contributed by atoms with van der Waals surface area (Å²) in [6, 6.07) is 30.2. The number of aliphatic hydroxyl groups excluding tert-OH is 1. The Morgan fingerprint density at radius 1 is 0.827 bits per heavy atom. The molecule has 0 radical (unpaired) electrons. The lowest BCUT2D eigenvalue weighted by molar-refractivity contribution is -0.140. The Labute approximate surface area is 306 Å². The Morgan fingerprint density at radius 3 is 2.29 bits per heavy atom. The highest BCUT2D eigenvalue weighted by atomic mass is 35.5. The molecule has 1 saturated carbocycles. The van der Waals surface area contributed by atoms with E-state index in [0.717, 1.165) is 16.7 Å². The number of rotatable bonds is 9. The molecule has 10 heteroatoms. The summed E-state index contributed by atoms with van der Waals surface area (Å²) in [5.74, 6) is -3.76. The number of hydrogen-bond acceptors (Lipinski definition) is 7. The molecular weight excluding hydrogens is 680 g/mol. The number of carbonyl (C=O) groups excluding carboxylic acids is 4. The van der Waals surface area contributed by atoms with Crippen molar-refractivity contribution in [1.82, 2.24) is 4.90 Å². The molecule has 52 heavy (non-hydrogen) atoms. The van der Waals surface area contributed by atoms with Crippen LogP contribution in [0.4, 0.5) is 5.69 Å². The number of carbonyl (C=O) groups is 4. The zero-order valence-corrected chi connectivity index (χ0v) is 29.0. The molecule has 2 aliphatic heterocycles. The minimum atomic E-state index is -1.37. The summed E-state index contributed by atoms with van der Waals surface area (Å²) >= 11 is 6.40. The van der Waals surface area contributed by atoms with Gasteiger partial charge in [0.15, 0.2) is 0 Å². The standard InChI is InChI=1S/C42H37ClN2O7/c43-28-7-4-8-29(23-28)45-39(49)35-24-34-32(17-18-33-36(34)40(50)44(38(33)48)20-19-25-9-13-30(47)14-10-25)37(26-11-15-31(16-12-26)52-22-21-46)42(35,41(45)51)27-5-2-1-3-6-27/h1-17,23,33-37,46-47H,18-22,24H2. The van der Waals surface area contributed by atoms with Crippen LogP contribution in [0.5, 0.6) is 11.5 Å². The first kappa shape index (κ1) is 33.9. The molecule has 4 aromatic carbocycles. The first-order valence-corrected chi connectivity index (χ1v) is 18.0. The number of benzene rings is 4. The normalized spacial score (nSPS) is 26.6. The minimum Gasteiger partial charge on any atom is -0.508 e. The molecule has 0 aromatic heterocycles. The van der Waals surface area contributed by atoms with Crippen LogP contribution in [0.1, 0.15) is 35.4 Å². The van der Waals surface area contributed by atoms with Crippen LogP contribution in [0.25, 0.3) is 0 Å². The van der Waals surface area contributed by atoms with Gasteiger partial charge in [-0.05, 0) is 84.3 Å². The van der Waals surface area contributed by atoms with Crippen LogP contribution >= 0.6 is 11.6 Å². The minimum absolute atomic E-state index is 0.121. The summed E-state index contributed by atoms with van der Waals surface area (Å²) in [4.78, 5) is 61.2. The van der Waals surface area contributed by atoms with Crippen molar-refractivity contribution in [3.05, 3.63) is 136 Å². The van der Waals surface area contributed by atoms with Gasteiger partial charge in [0, 0.05) is 17.5 Å². The predicted octanol–water partition coefficient (Wildman–Crippen LogP) is 5.82. The number of nitrogens with zero attached hydrogens (tertiary/aromatic N) is 2. The number of allylic oxidation sites excluding steroid dienone is 2. The summed E-state index contributed by atoms with van der Waals surface area (Å²) in [5, 5.41) is 19.4. The fourth-order valence-electron chi connectivity index (χ4n) is 9.23. The second-order valence-electron chi connectivity index (χ2n) is 14.0. The monoisotopic (exact) mass is 716 g/mol. The fourth-order valence-corrected chi connectivity index (χ4v) is 9.41. The lowest BCUT2D eigenvalue weighted by Gasteiger charge is -2.50. The van der Waals surface area contributed by atoms with Gasteiger partial charge >= 0.3 is 0 Å². The molecule has 0 bridgehead atoms. The first-order chi connectivity index (χ1) is 25.2. The molecule has 9 nitrogen and oxygen atoms in total. The average molecular weight is 717 g/mol. The quantitative estimate of drug-likeness (QED) is 0.165. The number of ether oxygens (including phenoxy) is 1. The maximum Gasteiger partial charge on any atom is 0.246 e. The molecule has 3 fully saturated rings. The summed E-state index contributed by atoms with van der Waals surface area (Å²) in [6.07, 6.45) is 3.03. The summed E-state index contributed by atoms with van der Waals surface area (Å²) in [5.41, 5.74) is 2.24. The fraction of sp³-hybridized carbons (Fsp3) is 0.286. The van der Waals surface area contributed by atoms with Crippen molar-refractivity contribution in [2.24, 2.45) is 23.7 Å². The molecule has 2 aliphatic carbocycles. The van der Waals surface area contributed by atoms with Crippen molar-refractivity contribution in [3.63, 3.8) is 0 Å². The van der Waals surface area contributed by atoms with E-state index in [9.17, 15) is 24.6 Å². The van der Waals surface area contributed by atoms with Gasteiger partial charge in [-0.15, -0.1) is 0 Å². The van der Waals surface area contributed by atoms with Crippen molar-refractivity contribution >= 4 is 40.9 Å². The molecule has 0 spiro atoms. The molecular formula is C42H37ClN2O7. The Kier molecular flexibility index (Phi) is 8.71. The van der Waals surface area contributed by atoms with E-state index >= 15 is 4.79 Å². The number of imide groups is 2. The third kappa shape index (κ3) is 5.33. The molecule has 264 valence electrons. The lowest BCUT2D eigenvalue weighted by atomic mass is 9.49. The number of aliphatic hydroxyl groups is 1. The van der Waals surface area contributed by atoms with Gasteiger partial charge in [0.25, 0.3) is 0 Å². The van der Waals surface area contributed by atoms with Crippen LogP contribution < -0.4 is 9.64 Å². The number of phenols is 1. The van der Waals surface area contributed by atoms with Crippen molar-refractivity contribution in [1.29, 1.82) is 0 Å². The van der Waals surface area contributed by atoms with Gasteiger partial charge in [-0.25, -0.2) is 4.90 Å². The Hall–Kier alpha value is -5.25. The van der Waals surface area contributed by atoms with Crippen molar-refractivity contribution < 1.29 is 34.1 Å². The molecule has 6 unspecified atom stereocenters. The van der Waals surface area contributed by atoms with Gasteiger partial charge in [-0.3, -0.25) is 24.1 Å². The van der Waals surface area contributed by atoms with E-state index in [4.69, 9.17) is 16.3 Å². The largest absolute Gasteiger partial charge is 0.508 e. The summed E-state index contributed by atoms with van der Waals surface area (Å²) < 4.78 is 5.67. The van der Waals surface area contributed by atoms with Crippen molar-refractivity contribution in [3.8, 4) is 11.5 Å². The van der Waals surface area contributed by atoms with Crippen LogP contribution in [-0.4, -0.2) is 58.5 Å². The Balaban J connectivity index is 1.26. The smallest absolute Gasteiger partial charge is 0.246 e. The number of aromatic hydroxyl groups is 1. The van der Waals surface area contributed by atoms with E-state index in [-0.39, 0.29) is 55.6 Å². The molecule has 2 heterocycles. The second kappa shape index (κ2) is 13.4. The number of halogens is 1. The van der Waals surface area contributed by atoms with E-state index < -0.39 is 35.0 Å². The highest BCUT2D eigenvalue weighted by Crippen LogP contribution is 2.64. The van der Waals surface area contributed by atoms with Crippen LogP contribution in [0, 0.1) is 23.7 Å². The number of anilines is 1. The third-order valence-electron chi connectivity index (χ3n) is 11.4. The van der Waals surface area contributed by atoms with Crippen LogP contribution in [-0.2, 0) is 31.0 Å². The van der Waals surface area contributed by atoms with E-state index in [0.29, 0.717) is 34.9 Å². The van der Waals surface area contributed by atoms with E-state index in [1.807, 2.05) is 48.5 Å². The van der Waals surface area contributed by atoms with Crippen molar-refractivity contribution in [2.75, 3.05) is 24.7 Å². The molecule has 4 aliphatic rings. The third-order valence-corrected chi connectivity index (χ3v) is 11.6. The number of amides is 4. The van der Waals surface area contributed by atoms with E-state index in [2.05, 4.69) is 0 Å². The summed E-state index contributed by atoms with van der Waals surface area (Å²) in [6.45, 7) is 0.179. The Bertz CT molecular complexity index is 2080. The molecule has 8 rings (SSSR count). The SMILES string of the molecule is O=C1C2CC=C3C(CC4C(=O)N(c5cccc(Cl)c5)C(=O)C4(c4ccccc4)C3c3ccc(OCCO)cc3)C2C(=O)N1CCc1ccc(O)cc1. The molecule has 2 N–H and O–H groups in total. The van der Waals surface area contributed by atoms with Crippen LogP contribution in [0.2, 0.25) is 5.02 Å². The predicted molar refractivity (Wildman–Crippen MR) is 194 cm³/mol. The maximum absolute atomic E-state index is 15.3. The number of likely N-dealkylation sites (tertiary alicyclic amines) is 1. The number of phenolic OH excluding ortho intramolecular Hbond substituents is 1. The molecule has 6 atom stereocenters. The van der Waals surface area contributed by atoms with Gasteiger partial charge in [0.05, 0.1) is 35.5 Å². The van der Waals surface area contributed by atoms with Gasteiger partial charge < -0.3 is 14.9 Å². The highest BCUT2D eigenvalue weighted by Gasteiger charge is 2.70. The average Bonchev–Trinajstić information content (AvgIpc) is 3.54. The topological polar surface area (TPSA) is 124 Å². The molecule has 2 saturated heterocycles. The van der Waals surface area contributed by atoms with Gasteiger partial charge in [0.2, 0.25) is 23.6 Å². The molecule has 4 amide bonds. The van der Waals surface area contributed by atoms with Crippen LogP contribution in [0.3, 0.4) is 0 Å². The zero-order chi connectivity index (χ0) is 36.1. The highest BCUT2D eigenvalue weighted by molar-refractivity contribution is 6.32. The van der Waals surface area contributed by atoms with Gasteiger partial charge in [0.1, 0.15) is 18.1 Å². The van der Waals surface area contributed by atoms with E-state index in [1.54, 1.807) is 60.7 Å². The first-order valence-electron chi connectivity index (χ1n) is 17.6. The lowest BCUT2D eigenvalue weighted by Crippen LogP contribution is -2.53. The van der Waals surface area contributed by atoms with Crippen LogP contribution in [0.15, 0.2) is 115 Å². The summed E-state index contributed by atoms with van der Waals surface area (Å²) in [7, 11) is 0.